The van der Waals surface area contributed by atoms with Gasteiger partial charge in [-0.05, 0) is 30.7 Å². The topological polar surface area (TPSA) is 76.5 Å². The van der Waals surface area contributed by atoms with Crippen molar-refractivity contribution in [2.45, 2.75) is 20.4 Å². The van der Waals surface area contributed by atoms with Crippen LogP contribution in [-0.4, -0.2) is 25.1 Å². The Morgan fingerprint density at radius 2 is 1.65 bits per heavy atom. The third-order valence-corrected chi connectivity index (χ3v) is 4.06. The molecule has 0 aliphatic rings. The number of aromatic nitrogens is 5. The van der Waals surface area contributed by atoms with E-state index in [0.717, 1.165) is 28.0 Å². The van der Waals surface area contributed by atoms with Crippen LogP contribution in [0.4, 0.5) is 5.95 Å². The van der Waals surface area contributed by atoms with Gasteiger partial charge < -0.3 is 5.32 Å². The van der Waals surface area contributed by atoms with Gasteiger partial charge in [0, 0.05) is 17.0 Å². The van der Waals surface area contributed by atoms with Crippen LogP contribution in [-0.2, 0) is 6.54 Å². The number of rotatable bonds is 4. The highest BCUT2D eigenvalue weighted by atomic mass is 15.2. The fraction of sp³-hybridized carbons (Fsp3) is 0.150. The van der Waals surface area contributed by atoms with Gasteiger partial charge in [0.1, 0.15) is 5.82 Å². The summed E-state index contributed by atoms with van der Waals surface area (Å²) in [6.07, 6.45) is 1.68. The summed E-state index contributed by atoms with van der Waals surface area (Å²) < 4.78 is 0. The summed E-state index contributed by atoms with van der Waals surface area (Å²) in [7, 11) is 0. The SMILES string of the molecule is Cc1cc(C)nc(CNc2nncc(-c3cccc4ccccc34)n2)n1. The van der Waals surface area contributed by atoms with E-state index in [1.54, 1.807) is 6.20 Å². The summed E-state index contributed by atoms with van der Waals surface area (Å²) in [5.41, 5.74) is 3.69. The van der Waals surface area contributed by atoms with Gasteiger partial charge in [0.25, 0.3) is 0 Å². The molecule has 4 aromatic rings. The minimum Gasteiger partial charge on any atom is -0.346 e. The Hall–Kier alpha value is -3.41. The number of hydrogen-bond donors (Lipinski definition) is 1. The first kappa shape index (κ1) is 16.1. The van der Waals surface area contributed by atoms with Crippen molar-refractivity contribution in [1.29, 1.82) is 0 Å². The molecule has 2 aromatic carbocycles. The molecule has 128 valence electrons. The van der Waals surface area contributed by atoms with Crippen molar-refractivity contribution in [3.05, 3.63) is 71.9 Å². The summed E-state index contributed by atoms with van der Waals surface area (Å²) in [6, 6.07) is 16.3. The molecular weight excluding hydrogens is 324 g/mol. The molecule has 0 saturated carbocycles. The minimum absolute atomic E-state index is 0.448. The normalized spacial score (nSPS) is 10.8. The smallest absolute Gasteiger partial charge is 0.243 e. The van der Waals surface area contributed by atoms with Gasteiger partial charge in [-0.2, -0.15) is 5.10 Å². The Labute approximate surface area is 151 Å². The lowest BCUT2D eigenvalue weighted by atomic mass is 10.0. The second-order valence-electron chi connectivity index (χ2n) is 6.11. The predicted molar refractivity (Wildman–Crippen MR) is 102 cm³/mol. The van der Waals surface area contributed by atoms with E-state index in [0.29, 0.717) is 18.3 Å². The van der Waals surface area contributed by atoms with Crippen molar-refractivity contribution < 1.29 is 0 Å². The maximum Gasteiger partial charge on any atom is 0.243 e. The van der Waals surface area contributed by atoms with Crippen molar-refractivity contribution >= 4 is 16.7 Å². The van der Waals surface area contributed by atoms with Gasteiger partial charge in [-0.1, -0.05) is 42.5 Å². The van der Waals surface area contributed by atoms with E-state index in [1.807, 2.05) is 44.2 Å². The van der Waals surface area contributed by atoms with E-state index in [4.69, 9.17) is 0 Å². The lowest BCUT2D eigenvalue weighted by Gasteiger charge is -2.08. The number of hydrogen-bond acceptors (Lipinski definition) is 6. The van der Waals surface area contributed by atoms with Crippen LogP contribution in [0.5, 0.6) is 0 Å². The molecule has 0 aliphatic carbocycles. The third-order valence-electron chi connectivity index (χ3n) is 4.06. The average Bonchev–Trinajstić information content (AvgIpc) is 2.65. The molecule has 2 aromatic heterocycles. The zero-order valence-electron chi connectivity index (χ0n) is 14.6. The molecule has 2 heterocycles. The van der Waals surface area contributed by atoms with E-state index in [9.17, 15) is 0 Å². The Morgan fingerprint density at radius 3 is 2.50 bits per heavy atom. The Bertz CT molecular complexity index is 1050. The van der Waals surface area contributed by atoms with Gasteiger partial charge in [0.15, 0.2) is 0 Å². The summed E-state index contributed by atoms with van der Waals surface area (Å²) in [5, 5.41) is 13.6. The van der Waals surface area contributed by atoms with Crippen LogP contribution in [0.15, 0.2) is 54.7 Å². The van der Waals surface area contributed by atoms with Crippen molar-refractivity contribution in [3.8, 4) is 11.3 Å². The number of nitrogens with one attached hydrogen (secondary N) is 1. The molecule has 26 heavy (non-hydrogen) atoms. The van der Waals surface area contributed by atoms with Gasteiger partial charge in [-0.15, -0.1) is 5.10 Å². The molecule has 6 heteroatoms. The molecular formula is C20H18N6. The maximum atomic E-state index is 4.61. The summed E-state index contributed by atoms with van der Waals surface area (Å²) in [6.45, 7) is 4.36. The van der Waals surface area contributed by atoms with E-state index in [1.165, 1.54) is 5.39 Å². The fourth-order valence-corrected chi connectivity index (χ4v) is 2.99. The largest absolute Gasteiger partial charge is 0.346 e. The van der Waals surface area contributed by atoms with Gasteiger partial charge in [0.2, 0.25) is 5.95 Å². The summed E-state index contributed by atoms with van der Waals surface area (Å²) in [5.74, 6) is 1.17. The zero-order valence-corrected chi connectivity index (χ0v) is 14.6. The Balaban J connectivity index is 1.62. The molecule has 6 nitrogen and oxygen atoms in total. The van der Waals surface area contributed by atoms with E-state index >= 15 is 0 Å². The van der Waals surface area contributed by atoms with Crippen LogP contribution in [0.2, 0.25) is 0 Å². The summed E-state index contributed by atoms with van der Waals surface area (Å²) in [4.78, 5) is 13.5. The molecule has 0 radical (unpaired) electrons. The number of nitrogens with zero attached hydrogens (tertiary/aromatic N) is 5. The molecule has 0 saturated heterocycles. The molecule has 0 amide bonds. The quantitative estimate of drug-likeness (QED) is 0.609. The van der Waals surface area contributed by atoms with E-state index in [2.05, 4.69) is 48.7 Å². The first-order valence-electron chi connectivity index (χ1n) is 8.42. The maximum absolute atomic E-state index is 4.61. The molecule has 0 fully saturated rings. The first-order chi connectivity index (χ1) is 12.7. The van der Waals surface area contributed by atoms with Crippen molar-refractivity contribution in [3.63, 3.8) is 0 Å². The number of fused-ring (bicyclic) bond motifs is 1. The van der Waals surface area contributed by atoms with Crippen LogP contribution < -0.4 is 5.32 Å². The lowest BCUT2D eigenvalue weighted by molar-refractivity contribution is 0.877. The number of benzene rings is 2. The van der Waals surface area contributed by atoms with Crippen LogP contribution >= 0.6 is 0 Å². The molecule has 0 spiro atoms. The molecule has 4 rings (SSSR count). The molecule has 0 atom stereocenters. The van der Waals surface area contributed by atoms with Crippen molar-refractivity contribution in [1.82, 2.24) is 25.1 Å². The fourth-order valence-electron chi connectivity index (χ4n) is 2.99. The van der Waals surface area contributed by atoms with Crippen molar-refractivity contribution in [2.24, 2.45) is 0 Å². The second-order valence-corrected chi connectivity index (χ2v) is 6.11. The first-order valence-corrected chi connectivity index (χ1v) is 8.42. The van der Waals surface area contributed by atoms with Gasteiger partial charge >= 0.3 is 0 Å². The molecule has 0 aliphatic heterocycles. The molecule has 0 unspecified atom stereocenters. The van der Waals surface area contributed by atoms with Gasteiger partial charge in [-0.3, -0.25) is 0 Å². The number of anilines is 1. The van der Waals surface area contributed by atoms with E-state index in [-0.39, 0.29) is 0 Å². The van der Waals surface area contributed by atoms with E-state index < -0.39 is 0 Å². The monoisotopic (exact) mass is 342 g/mol. The minimum atomic E-state index is 0.448. The highest BCUT2D eigenvalue weighted by Crippen LogP contribution is 2.26. The van der Waals surface area contributed by atoms with Crippen LogP contribution in [0, 0.1) is 13.8 Å². The summed E-state index contributed by atoms with van der Waals surface area (Å²) >= 11 is 0. The molecule has 1 N–H and O–H groups in total. The third kappa shape index (κ3) is 3.35. The Kier molecular flexibility index (Phi) is 4.23. The van der Waals surface area contributed by atoms with Crippen LogP contribution in [0.25, 0.3) is 22.0 Å². The van der Waals surface area contributed by atoms with Gasteiger partial charge in [0.05, 0.1) is 18.4 Å². The average molecular weight is 342 g/mol. The molecule has 0 bridgehead atoms. The highest BCUT2D eigenvalue weighted by Gasteiger charge is 2.08. The van der Waals surface area contributed by atoms with Crippen LogP contribution in [0.1, 0.15) is 17.2 Å². The standard InChI is InChI=1S/C20H18N6/c1-13-10-14(2)24-19(23-13)12-21-20-25-18(11-22-26-20)17-9-5-7-15-6-3-4-8-16(15)17/h3-11H,12H2,1-2H3,(H,21,25,26). The Morgan fingerprint density at radius 1 is 0.885 bits per heavy atom. The van der Waals surface area contributed by atoms with Gasteiger partial charge in [-0.25, -0.2) is 15.0 Å². The zero-order chi connectivity index (χ0) is 17.9. The van der Waals surface area contributed by atoms with Crippen molar-refractivity contribution in [2.75, 3.05) is 5.32 Å². The number of aryl methyl sites for hydroxylation is 2. The second kappa shape index (κ2) is 6.84. The lowest BCUT2D eigenvalue weighted by Crippen LogP contribution is -2.09. The highest BCUT2D eigenvalue weighted by molar-refractivity contribution is 5.95. The predicted octanol–water partition coefficient (Wildman–Crippen LogP) is 3.71. The van der Waals surface area contributed by atoms with Crippen LogP contribution in [0.3, 0.4) is 0 Å².